The Morgan fingerprint density at radius 1 is 1.40 bits per heavy atom. The number of aromatic nitrogens is 2. The molecule has 20 heavy (non-hydrogen) atoms. The van der Waals surface area contributed by atoms with Crippen LogP contribution in [0.5, 0.6) is 0 Å². The molecule has 1 amide bonds. The van der Waals surface area contributed by atoms with Crippen LogP contribution in [0.15, 0.2) is 27.8 Å². The first-order valence-electron chi connectivity index (χ1n) is 6.22. The zero-order valence-electron chi connectivity index (χ0n) is 10.9. The summed E-state index contributed by atoms with van der Waals surface area (Å²) in [5, 5.41) is 2.62. The molecule has 0 saturated carbocycles. The van der Waals surface area contributed by atoms with Gasteiger partial charge in [0.25, 0.3) is 0 Å². The van der Waals surface area contributed by atoms with Crippen LogP contribution in [0.2, 0.25) is 0 Å². The third-order valence-corrected chi connectivity index (χ3v) is 2.81. The van der Waals surface area contributed by atoms with E-state index in [1.165, 1.54) is 12.1 Å². The lowest BCUT2D eigenvalue weighted by atomic mass is 10.3. The molecule has 1 aromatic carbocycles. The molecule has 0 aliphatic rings. The van der Waals surface area contributed by atoms with E-state index in [4.69, 9.17) is 0 Å². The van der Waals surface area contributed by atoms with Crippen LogP contribution in [0.1, 0.15) is 13.3 Å². The molecule has 0 saturated heterocycles. The minimum absolute atomic E-state index is 0.179. The van der Waals surface area contributed by atoms with Crippen molar-refractivity contribution in [2.45, 2.75) is 19.9 Å². The number of hydrogen-bond donors (Lipinski definition) is 2. The largest absolute Gasteiger partial charge is 0.355 e. The van der Waals surface area contributed by atoms with Gasteiger partial charge in [0.05, 0.1) is 11.0 Å². The van der Waals surface area contributed by atoms with Gasteiger partial charge in [0.15, 0.2) is 0 Å². The zero-order chi connectivity index (χ0) is 14.7. The Morgan fingerprint density at radius 3 is 2.85 bits per heavy atom. The SMILES string of the molecule is CCCNC(=O)Cn1c(=O)c(=O)[nH]c2cc(F)ccc21. The van der Waals surface area contributed by atoms with Crippen molar-refractivity contribution in [2.75, 3.05) is 6.54 Å². The molecule has 2 rings (SSSR count). The van der Waals surface area contributed by atoms with Crippen molar-refractivity contribution in [3.05, 3.63) is 44.7 Å². The molecule has 0 atom stereocenters. The highest BCUT2D eigenvalue weighted by Gasteiger charge is 2.11. The maximum atomic E-state index is 13.1. The minimum Gasteiger partial charge on any atom is -0.355 e. The quantitative estimate of drug-likeness (QED) is 0.792. The van der Waals surface area contributed by atoms with Gasteiger partial charge in [-0.1, -0.05) is 6.92 Å². The van der Waals surface area contributed by atoms with E-state index >= 15 is 0 Å². The number of carbonyl (C=O) groups is 1. The van der Waals surface area contributed by atoms with Crippen molar-refractivity contribution in [2.24, 2.45) is 0 Å². The van der Waals surface area contributed by atoms with Crippen molar-refractivity contribution in [1.29, 1.82) is 0 Å². The van der Waals surface area contributed by atoms with Gasteiger partial charge in [-0.15, -0.1) is 0 Å². The molecule has 0 bridgehead atoms. The van der Waals surface area contributed by atoms with Gasteiger partial charge < -0.3 is 10.3 Å². The van der Waals surface area contributed by atoms with Crippen LogP contribution in [0.3, 0.4) is 0 Å². The average Bonchev–Trinajstić information content (AvgIpc) is 2.41. The van der Waals surface area contributed by atoms with Crippen molar-refractivity contribution >= 4 is 16.9 Å². The molecule has 1 heterocycles. The lowest BCUT2D eigenvalue weighted by Gasteiger charge is -2.09. The molecule has 0 unspecified atom stereocenters. The summed E-state index contributed by atoms with van der Waals surface area (Å²) < 4.78 is 14.2. The van der Waals surface area contributed by atoms with Crippen molar-refractivity contribution < 1.29 is 9.18 Å². The van der Waals surface area contributed by atoms with Gasteiger partial charge in [0, 0.05) is 6.54 Å². The van der Waals surface area contributed by atoms with Gasteiger partial charge in [0.2, 0.25) is 5.91 Å². The fourth-order valence-electron chi connectivity index (χ4n) is 1.87. The van der Waals surface area contributed by atoms with E-state index in [-0.39, 0.29) is 18.0 Å². The number of halogens is 1. The highest BCUT2D eigenvalue weighted by molar-refractivity contribution is 5.79. The molecule has 2 N–H and O–H groups in total. The fourth-order valence-corrected chi connectivity index (χ4v) is 1.87. The number of nitrogens with zero attached hydrogens (tertiary/aromatic N) is 1. The van der Waals surface area contributed by atoms with Crippen LogP contribution in [-0.2, 0) is 11.3 Å². The summed E-state index contributed by atoms with van der Waals surface area (Å²) >= 11 is 0. The molecule has 6 nitrogen and oxygen atoms in total. The summed E-state index contributed by atoms with van der Waals surface area (Å²) in [6.45, 7) is 2.12. The van der Waals surface area contributed by atoms with Crippen LogP contribution in [0.4, 0.5) is 4.39 Å². The molecule has 0 aliphatic carbocycles. The molecule has 0 aliphatic heterocycles. The fraction of sp³-hybridized carbons (Fsp3) is 0.308. The van der Waals surface area contributed by atoms with Gasteiger partial charge in [-0.05, 0) is 24.6 Å². The molecule has 106 valence electrons. The topological polar surface area (TPSA) is 84.0 Å². The van der Waals surface area contributed by atoms with E-state index in [9.17, 15) is 18.8 Å². The Labute approximate surface area is 113 Å². The lowest BCUT2D eigenvalue weighted by Crippen LogP contribution is -2.40. The number of nitrogens with one attached hydrogen (secondary N) is 2. The number of rotatable bonds is 4. The molecule has 0 fully saturated rings. The second kappa shape index (κ2) is 5.68. The van der Waals surface area contributed by atoms with Crippen molar-refractivity contribution in [3.8, 4) is 0 Å². The highest BCUT2D eigenvalue weighted by atomic mass is 19.1. The highest BCUT2D eigenvalue weighted by Crippen LogP contribution is 2.10. The van der Waals surface area contributed by atoms with E-state index in [0.29, 0.717) is 12.1 Å². The number of fused-ring (bicyclic) bond motifs is 1. The molecule has 7 heteroatoms. The van der Waals surface area contributed by atoms with Gasteiger partial charge in [-0.2, -0.15) is 0 Å². The Hall–Kier alpha value is -2.44. The summed E-state index contributed by atoms with van der Waals surface area (Å²) in [5.41, 5.74) is -1.23. The molecule has 2 aromatic rings. The smallest absolute Gasteiger partial charge is 0.317 e. The van der Waals surface area contributed by atoms with E-state index in [1.807, 2.05) is 6.92 Å². The lowest BCUT2D eigenvalue weighted by molar-refractivity contribution is -0.121. The molecule has 0 spiro atoms. The summed E-state index contributed by atoms with van der Waals surface area (Å²) in [7, 11) is 0. The van der Waals surface area contributed by atoms with Gasteiger partial charge in [-0.25, -0.2) is 4.39 Å². The molecular formula is C13H14FN3O3. The summed E-state index contributed by atoms with van der Waals surface area (Å²) in [6.07, 6.45) is 0.766. The van der Waals surface area contributed by atoms with Crippen LogP contribution < -0.4 is 16.4 Å². The molecular weight excluding hydrogens is 265 g/mol. The van der Waals surface area contributed by atoms with Crippen molar-refractivity contribution in [1.82, 2.24) is 14.9 Å². The molecule has 1 aromatic heterocycles. The second-order valence-electron chi connectivity index (χ2n) is 4.36. The van der Waals surface area contributed by atoms with E-state index in [0.717, 1.165) is 17.1 Å². The number of hydrogen-bond acceptors (Lipinski definition) is 3. The monoisotopic (exact) mass is 279 g/mol. The normalized spacial score (nSPS) is 10.7. The Morgan fingerprint density at radius 2 is 2.15 bits per heavy atom. The minimum atomic E-state index is -0.883. The maximum absolute atomic E-state index is 13.1. The Bertz CT molecular complexity index is 764. The number of carbonyl (C=O) groups excluding carboxylic acids is 1. The Kier molecular flexibility index (Phi) is 3.97. The summed E-state index contributed by atoms with van der Waals surface area (Å²) in [6, 6.07) is 3.63. The Balaban J connectivity index is 2.51. The average molecular weight is 279 g/mol. The van der Waals surface area contributed by atoms with Gasteiger partial charge >= 0.3 is 11.1 Å². The first kappa shape index (κ1) is 14.0. The number of amides is 1. The third kappa shape index (κ3) is 2.76. The predicted octanol–water partition coefficient (Wildman–Crippen LogP) is 0.355. The third-order valence-electron chi connectivity index (χ3n) is 2.81. The summed E-state index contributed by atoms with van der Waals surface area (Å²) in [5.74, 6) is -0.904. The second-order valence-corrected chi connectivity index (χ2v) is 4.36. The van der Waals surface area contributed by atoms with E-state index in [1.54, 1.807) is 0 Å². The van der Waals surface area contributed by atoms with Crippen LogP contribution in [0, 0.1) is 5.82 Å². The van der Waals surface area contributed by atoms with Gasteiger partial charge in [-0.3, -0.25) is 19.0 Å². The van der Waals surface area contributed by atoms with Crippen LogP contribution in [-0.4, -0.2) is 22.0 Å². The van der Waals surface area contributed by atoms with E-state index in [2.05, 4.69) is 10.3 Å². The first-order chi connectivity index (χ1) is 9.52. The van der Waals surface area contributed by atoms with Crippen LogP contribution >= 0.6 is 0 Å². The predicted molar refractivity (Wildman–Crippen MR) is 72.1 cm³/mol. The summed E-state index contributed by atoms with van der Waals surface area (Å²) in [4.78, 5) is 37.3. The maximum Gasteiger partial charge on any atom is 0.317 e. The number of H-pyrrole nitrogens is 1. The standard InChI is InChI=1S/C13H14FN3O3/c1-2-5-15-11(18)7-17-10-4-3-8(14)6-9(10)16-12(19)13(17)20/h3-4,6H,2,5,7H2,1H3,(H,15,18)(H,16,19). The zero-order valence-corrected chi connectivity index (χ0v) is 10.9. The van der Waals surface area contributed by atoms with E-state index < -0.39 is 16.9 Å². The number of aromatic amines is 1. The van der Waals surface area contributed by atoms with Gasteiger partial charge in [0.1, 0.15) is 12.4 Å². The first-order valence-corrected chi connectivity index (χ1v) is 6.22. The van der Waals surface area contributed by atoms with Crippen molar-refractivity contribution in [3.63, 3.8) is 0 Å². The number of benzene rings is 1. The van der Waals surface area contributed by atoms with Crippen LogP contribution in [0.25, 0.3) is 11.0 Å². The molecule has 0 radical (unpaired) electrons.